The Kier molecular flexibility index (Phi) is 5.61. The number of hydrogen-bond donors (Lipinski definition) is 1. The first kappa shape index (κ1) is 20.6. The summed E-state index contributed by atoms with van der Waals surface area (Å²) in [5.74, 6) is 0.718. The molecule has 8 nitrogen and oxygen atoms in total. The van der Waals surface area contributed by atoms with Crippen molar-refractivity contribution < 1.29 is 14.3 Å². The fraction of sp³-hybridized carbons (Fsp3) is 0.417. The second kappa shape index (κ2) is 8.70. The van der Waals surface area contributed by atoms with E-state index in [1.165, 1.54) is 0 Å². The van der Waals surface area contributed by atoms with E-state index in [9.17, 15) is 9.59 Å². The van der Waals surface area contributed by atoms with Crippen molar-refractivity contribution >= 4 is 22.8 Å². The minimum Gasteiger partial charge on any atom is -0.497 e. The Morgan fingerprint density at radius 2 is 1.91 bits per heavy atom. The van der Waals surface area contributed by atoms with E-state index in [1.807, 2.05) is 53.1 Å². The van der Waals surface area contributed by atoms with Crippen LogP contribution in [0.4, 0.5) is 10.5 Å². The Morgan fingerprint density at radius 1 is 1.09 bits per heavy atom. The number of para-hydroxylation sites is 2. The lowest BCUT2D eigenvalue weighted by Gasteiger charge is -2.32. The molecule has 0 spiro atoms. The number of fused-ring (bicyclic) bond motifs is 1. The third-order valence-electron chi connectivity index (χ3n) is 6.55. The third kappa shape index (κ3) is 3.98. The van der Waals surface area contributed by atoms with Crippen LogP contribution in [0.15, 0.2) is 53.3 Å². The zero-order valence-electron chi connectivity index (χ0n) is 18.2. The predicted octanol–water partition coefficient (Wildman–Crippen LogP) is 3.39. The third-order valence-corrected chi connectivity index (χ3v) is 6.55. The summed E-state index contributed by atoms with van der Waals surface area (Å²) in [6.45, 7) is 3.28. The highest BCUT2D eigenvalue weighted by Crippen LogP contribution is 2.28. The van der Waals surface area contributed by atoms with E-state index in [0.717, 1.165) is 61.4 Å². The second-order valence-corrected chi connectivity index (χ2v) is 8.50. The number of piperidine rings is 1. The number of benzene rings is 2. The first-order chi connectivity index (χ1) is 15.6. The molecular formula is C24H28N4O4. The average Bonchev–Trinajstić information content (AvgIpc) is 3.36. The standard InChI is InChI=1S/C24H28N4O4/c1-31-19-6-4-5-18(15-19)27-16-20(32-24(27)30)11-14-26-12-9-17(10-13-26)28-22-8-3-2-7-21(22)25-23(28)29/h2-8,15,17,20H,9-14,16H2,1H3,(H,25,29). The Labute approximate surface area is 186 Å². The van der Waals surface area contributed by atoms with Gasteiger partial charge in [0.2, 0.25) is 0 Å². The molecule has 1 unspecified atom stereocenters. The molecule has 32 heavy (non-hydrogen) atoms. The van der Waals surface area contributed by atoms with Gasteiger partial charge in [0.25, 0.3) is 0 Å². The molecule has 1 aromatic heterocycles. The van der Waals surface area contributed by atoms with Crippen LogP contribution in [-0.4, -0.2) is 59.9 Å². The molecule has 1 N–H and O–H groups in total. The Hall–Kier alpha value is -3.26. The molecular weight excluding hydrogens is 408 g/mol. The molecule has 1 amide bonds. The first-order valence-corrected chi connectivity index (χ1v) is 11.2. The van der Waals surface area contributed by atoms with Crippen molar-refractivity contribution in [3.63, 3.8) is 0 Å². The van der Waals surface area contributed by atoms with E-state index in [2.05, 4.69) is 9.88 Å². The number of anilines is 1. The number of aromatic nitrogens is 2. The first-order valence-electron chi connectivity index (χ1n) is 11.2. The van der Waals surface area contributed by atoms with Crippen molar-refractivity contribution in [2.75, 3.05) is 38.2 Å². The number of carbonyl (C=O) groups is 1. The molecule has 0 saturated carbocycles. The largest absolute Gasteiger partial charge is 0.497 e. The molecule has 2 aliphatic heterocycles. The number of amides is 1. The van der Waals surface area contributed by atoms with Gasteiger partial charge in [0.15, 0.2) is 0 Å². The number of rotatable bonds is 6. The predicted molar refractivity (Wildman–Crippen MR) is 122 cm³/mol. The van der Waals surface area contributed by atoms with Crippen molar-refractivity contribution in [1.82, 2.24) is 14.5 Å². The minimum atomic E-state index is -0.305. The zero-order chi connectivity index (χ0) is 22.1. The molecule has 8 heteroatoms. The van der Waals surface area contributed by atoms with Gasteiger partial charge < -0.3 is 19.4 Å². The Morgan fingerprint density at radius 3 is 2.72 bits per heavy atom. The SMILES string of the molecule is COc1cccc(N2CC(CCN3CCC(n4c(=O)[nH]c5ccccc54)CC3)OC2=O)c1. The van der Waals surface area contributed by atoms with Crippen LogP contribution in [-0.2, 0) is 4.74 Å². The van der Waals surface area contributed by atoms with Crippen molar-refractivity contribution in [2.45, 2.75) is 31.4 Å². The van der Waals surface area contributed by atoms with Gasteiger partial charge in [-0.05, 0) is 43.5 Å². The maximum Gasteiger partial charge on any atom is 0.414 e. The lowest BCUT2D eigenvalue weighted by Crippen LogP contribution is -2.38. The van der Waals surface area contributed by atoms with Gasteiger partial charge in [-0.1, -0.05) is 18.2 Å². The molecule has 0 radical (unpaired) electrons. The summed E-state index contributed by atoms with van der Waals surface area (Å²) in [6, 6.07) is 15.5. The summed E-state index contributed by atoms with van der Waals surface area (Å²) in [4.78, 5) is 31.9. The molecule has 168 valence electrons. The van der Waals surface area contributed by atoms with E-state index in [-0.39, 0.29) is 23.9 Å². The van der Waals surface area contributed by atoms with Crippen LogP contribution in [0.5, 0.6) is 5.75 Å². The molecule has 0 aliphatic carbocycles. The number of H-pyrrole nitrogens is 1. The fourth-order valence-electron chi connectivity index (χ4n) is 4.83. The van der Waals surface area contributed by atoms with E-state index in [0.29, 0.717) is 6.54 Å². The molecule has 5 rings (SSSR count). The van der Waals surface area contributed by atoms with E-state index >= 15 is 0 Å². The van der Waals surface area contributed by atoms with Crippen molar-refractivity contribution in [1.29, 1.82) is 0 Å². The van der Waals surface area contributed by atoms with Crippen LogP contribution in [0.1, 0.15) is 25.3 Å². The van der Waals surface area contributed by atoms with E-state index in [4.69, 9.17) is 9.47 Å². The van der Waals surface area contributed by atoms with Crippen LogP contribution >= 0.6 is 0 Å². The summed E-state index contributed by atoms with van der Waals surface area (Å²) in [5.41, 5.74) is 2.64. The van der Waals surface area contributed by atoms with Gasteiger partial charge in [0.05, 0.1) is 30.4 Å². The normalized spacial score (nSPS) is 20.1. The number of nitrogens with zero attached hydrogens (tertiary/aromatic N) is 3. The highest BCUT2D eigenvalue weighted by molar-refractivity contribution is 5.90. The number of nitrogens with one attached hydrogen (secondary N) is 1. The van der Waals surface area contributed by atoms with Crippen LogP contribution in [0.25, 0.3) is 11.0 Å². The summed E-state index contributed by atoms with van der Waals surface area (Å²) >= 11 is 0. The number of ether oxygens (including phenoxy) is 2. The number of carbonyl (C=O) groups excluding carboxylic acids is 1. The van der Waals surface area contributed by atoms with E-state index in [1.54, 1.807) is 12.0 Å². The highest BCUT2D eigenvalue weighted by atomic mass is 16.6. The molecule has 2 fully saturated rings. The van der Waals surface area contributed by atoms with Crippen molar-refractivity contribution in [3.8, 4) is 5.75 Å². The summed E-state index contributed by atoms with van der Waals surface area (Å²) in [7, 11) is 1.61. The lowest BCUT2D eigenvalue weighted by atomic mass is 10.0. The maximum absolute atomic E-state index is 12.5. The van der Waals surface area contributed by atoms with Crippen molar-refractivity contribution in [3.05, 3.63) is 59.0 Å². The van der Waals surface area contributed by atoms with Gasteiger partial charge in [-0.25, -0.2) is 9.59 Å². The second-order valence-electron chi connectivity index (χ2n) is 8.50. The van der Waals surface area contributed by atoms with Gasteiger partial charge in [-0.15, -0.1) is 0 Å². The van der Waals surface area contributed by atoms with Gasteiger partial charge in [-0.2, -0.15) is 0 Å². The maximum atomic E-state index is 12.5. The van der Waals surface area contributed by atoms with Crippen molar-refractivity contribution in [2.24, 2.45) is 0 Å². The molecule has 2 aromatic carbocycles. The average molecular weight is 437 g/mol. The lowest BCUT2D eigenvalue weighted by molar-refractivity contribution is 0.117. The molecule has 2 aliphatic rings. The molecule has 3 heterocycles. The number of imidazole rings is 1. The number of aromatic amines is 1. The summed E-state index contributed by atoms with van der Waals surface area (Å²) in [6.07, 6.45) is 2.23. The minimum absolute atomic E-state index is 0.0276. The Bertz CT molecular complexity index is 1160. The number of methoxy groups -OCH3 is 1. The monoisotopic (exact) mass is 436 g/mol. The fourth-order valence-corrected chi connectivity index (χ4v) is 4.83. The quantitative estimate of drug-likeness (QED) is 0.641. The van der Waals surface area contributed by atoms with Gasteiger partial charge in [0, 0.05) is 31.7 Å². The number of likely N-dealkylation sites (tertiary alicyclic amines) is 1. The van der Waals surface area contributed by atoms with Gasteiger partial charge >= 0.3 is 11.8 Å². The molecule has 2 saturated heterocycles. The molecule has 1 atom stereocenters. The van der Waals surface area contributed by atoms with Gasteiger partial charge in [-0.3, -0.25) is 9.47 Å². The van der Waals surface area contributed by atoms with Crippen LogP contribution < -0.4 is 15.3 Å². The number of hydrogen-bond acceptors (Lipinski definition) is 5. The molecule has 0 bridgehead atoms. The Balaban J connectivity index is 1.15. The molecule has 3 aromatic rings. The summed E-state index contributed by atoms with van der Waals surface area (Å²) in [5, 5.41) is 0. The smallest absolute Gasteiger partial charge is 0.414 e. The van der Waals surface area contributed by atoms with E-state index < -0.39 is 0 Å². The topological polar surface area (TPSA) is 79.8 Å². The highest BCUT2D eigenvalue weighted by Gasteiger charge is 2.33. The van der Waals surface area contributed by atoms with Crippen LogP contribution in [0.3, 0.4) is 0 Å². The van der Waals surface area contributed by atoms with Crippen LogP contribution in [0, 0.1) is 0 Å². The van der Waals surface area contributed by atoms with Gasteiger partial charge in [0.1, 0.15) is 11.9 Å². The summed E-state index contributed by atoms with van der Waals surface area (Å²) < 4.78 is 12.8. The zero-order valence-corrected chi connectivity index (χ0v) is 18.2. The number of cyclic esters (lactones) is 1. The van der Waals surface area contributed by atoms with Crippen LogP contribution in [0.2, 0.25) is 0 Å².